The summed E-state index contributed by atoms with van der Waals surface area (Å²) in [4.78, 5) is 36.1. The lowest BCUT2D eigenvalue weighted by Crippen LogP contribution is -2.55. The van der Waals surface area contributed by atoms with Crippen LogP contribution in [0.1, 0.15) is 19.3 Å². The zero-order chi connectivity index (χ0) is 16.0. The third-order valence-corrected chi connectivity index (χ3v) is 3.74. The fourth-order valence-corrected chi connectivity index (χ4v) is 2.71. The molecule has 0 unspecified atom stereocenters. The minimum Gasteiger partial charge on any atom is -0.481 e. The lowest BCUT2D eigenvalue weighted by Gasteiger charge is -2.40. The van der Waals surface area contributed by atoms with Gasteiger partial charge in [-0.25, -0.2) is 0 Å². The number of amides is 2. The van der Waals surface area contributed by atoms with Crippen LogP contribution in [0.5, 0.6) is 0 Å². The maximum absolute atomic E-state index is 11.8. The van der Waals surface area contributed by atoms with Crippen molar-refractivity contribution in [3.63, 3.8) is 0 Å². The van der Waals surface area contributed by atoms with Gasteiger partial charge in [0.1, 0.15) is 0 Å². The Bertz CT molecular complexity index is 422. The average Bonchev–Trinajstić information content (AvgIpc) is 2.75. The van der Waals surface area contributed by atoms with E-state index >= 15 is 0 Å². The van der Waals surface area contributed by atoms with Crippen LogP contribution >= 0.6 is 0 Å². The second kappa shape index (κ2) is 7.30. The average molecular weight is 301 g/mol. The number of carboxylic acid groups (broad SMARTS) is 1. The van der Waals surface area contributed by atoms with Crippen LogP contribution in [0.4, 0.5) is 0 Å². The molecule has 4 N–H and O–H groups in total. The SMILES string of the molecule is O=C1C=CC(=O)N1[C@H](CCO)C(CCO)(CCO)C(=O)O. The second-order valence-electron chi connectivity index (χ2n) is 4.82. The number of carboxylic acids is 1. The Kier molecular flexibility index (Phi) is 6.01. The summed E-state index contributed by atoms with van der Waals surface area (Å²) in [6.45, 7) is -1.41. The van der Waals surface area contributed by atoms with Crippen molar-refractivity contribution in [3.05, 3.63) is 12.2 Å². The Hall–Kier alpha value is -1.77. The molecular formula is C13H19NO7. The molecule has 0 aromatic carbocycles. The molecule has 1 rings (SSSR count). The van der Waals surface area contributed by atoms with Crippen molar-refractivity contribution in [3.8, 4) is 0 Å². The number of hydrogen-bond donors (Lipinski definition) is 4. The Balaban J connectivity index is 3.27. The summed E-state index contributed by atoms with van der Waals surface area (Å²) in [5.41, 5.74) is -1.70. The number of nitrogens with zero attached hydrogens (tertiary/aromatic N) is 1. The second-order valence-corrected chi connectivity index (χ2v) is 4.82. The van der Waals surface area contributed by atoms with E-state index in [1.165, 1.54) is 0 Å². The Morgan fingerprint density at radius 1 is 1.05 bits per heavy atom. The molecule has 2 amide bonds. The number of imide groups is 1. The van der Waals surface area contributed by atoms with Gasteiger partial charge in [-0.3, -0.25) is 19.3 Å². The predicted octanol–water partition coefficient (Wildman–Crippen LogP) is -1.50. The monoisotopic (exact) mass is 301 g/mol. The van der Waals surface area contributed by atoms with E-state index in [9.17, 15) is 19.5 Å². The zero-order valence-electron chi connectivity index (χ0n) is 11.4. The first-order valence-electron chi connectivity index (χ1n) is 6.55. The van der Waals surface area contributed by atoms with E-state index in [2.05, 4.69) is 0 Å². The first kappa shape index (κ1) is 17.3. The van der Waals surface area contributed by atoms with Crippen LogP contribution in [0, 0.1) is 5.41 Å². The van der Waals surface area contributed by atoms with Gasteiger partial charge < -0.3 is 20.4 Å². The van der Waals surface area contributed by atoms with Gasteiger partial charge in [-0.1, -0.05) is 0 Å². The highest BCUT2D eigenvalue weighted by Gasteiger charge is 2.50. The summed E-state index contributed by atoms with van der Waals surface area (Å²) in [6, 6.07) is -1.14. The van der Waals surface area contributed by atoms with Crippen molar-refractivity contribution in [1.82, 2.24) is 4.90 Å². The van der Waals surface area contributed by atoms with Crippen molar-refractivity contribution in [2.75, 3.05) is 19.8 Å². The number of aliphatic hydroxyl groups excluding tert-OH is 3. The molecule has 1 aliphatic rings. The van der Waals surface area contributed by atoms with Crippen LogP contribution < -0.4 is 0 Å². The molecule has 0 radical (unpaired) electrons. The Labute approximate surface area is 121 Å². The number of carbonyl (C=O) groups is 3. The number of rotatable bonds is 9. The fraction of sp³-hybridized carbons (Fsp3) is 0.615. The third-order valence-electron chi connectivity index (χ3n) is 3.74. The van der Waals surface area contributed by atoms with Crippen molar-refractivity contribution in [1.29, 1.82) is 0 Å². The Morgan fingerprint density at radius 2 is 1.52 bits per heavy atom. The number of aliphatic hydroxyl groups is 3. The first-order valence-corrected chi connectivity index (χ1v) is 6.55. The number of carbonyl (C=O) groups excluding carboxylic acids is 2. The van der Waals surface area contributed by atoms with Crippen molar-refractivity contribution >= 4 is 17.8 Å². The van der Waals surface area contributed by atoms with Gasteiger partial charge in [0.05, 0.1) is 11.5 Å². The Morgan fingerprint density at radius 3 is 1.86 bits per heavy atom. The lowest BCUT2D eigenvalue weighted by molar-refractivity contribution is -0.161. The maximum Gasteiger partial charge on any atom is 0.311 e. The highest BCUT2D eigenvalue weighted by Crippen LogP contribution is 2.37. The molecule has 1 heterocycles. The van der Waals surface area contributed by atoms with Gasteiger partial charge >= 0.3 is 5.97 Å². The van der Waals surface area contributed by atoms with Crippen LogP contribution in [0.2, 0.25) is 0 Å². The van der Waals surface area contributed by atoms with Crippen LogP contribution in [0.3, 0.4) is 0 Å². The molecule has 0 bridgehead atoms. The van der Waals surface area contributed by atoms with Gasteiger partial charge in [0.15, 0.2) is 0 Å². The van der Waals surface area contributed by atoms with Gasteiger partial charge in [0.25, 0.3) is 11.8 Å². The van der Waals surface area contributed by atoms with Crippen molar-refractivity contribution in [2.45, 2.75) is 25.3 Å². The molecule has 21 heavy (non-hydrogen) atoms. The standard InChI is InChI=1S/C13H19NO7/c15-6-3-9(14-10(18)1-2-11(14)19)13(4-7-16,5-8-17)12(20)21/h1-2,9,15-17H,3-8H2,(H,20,21)/t9-/m1/s1. The number of hydrogen-bond acceptors (Lipinski definition) is 6. The van der Waals surface area contributed by atoms with Crippen LogP contribution in [-0.2, 0) is 14.4 Å². The van der Waals surface area contributed by atoms with E-state index in [0.29, 0.717) is 0 Å². The van der Waals surface area contributed by atoms with Gasteiger partial charge in [-0.05, 0) is 19.3 Å². The fourth-order valence-electron chi connectivity index (χ4n) is 2.71. The molecule has 0 aromatic rings. The molecule has 1 atom stereocenters. The first-order chi connectivity index (χ1) is 9.94. The quantitative estimate of drug-likeness (QED) is 0.380. The molecule has 0 saturated heterocycles. The van der Waals surface area contributed by atoms with Crippen LogP contribution in [-0.4, -0.2) is 69.0 Å². The van der Waals surface area contributed by atoms with E-state index in [0.717, 1.165) is 17.1 Å². The topological polar surface area (TPSA) is 135 Å². The van der Waals surface area contributed by atoms with Crippen molar-refractivity contribution < 1.29 is 34.8 Å². The summed E-state index contributed by atoms with van der Waals surface area (Å²) in [5, 5.41) is 37.0. The minimum absolute atomic E-state index is 0.147. The summed E-state index contributed by atoms with van der Waals surface area (Å²) in [7, 11) is 0. The highest BCUT2D eigenvalue weighted by molar-refractivity contribution is 6.13. The van der Waals surface area contributed by atoms with Gasteiger partial charge in [0, 0.05) is 32.0 Å². The lowest BCUT2D eigenvalue weighted by atomic mass is 9.72. The number of aliphatic carboxylic acids is 1. The summed E-state index contributed by atoms with van der Waals surface area (Å²) >= 11 is 0. The highest BCUT2D eigenvalue weighted by atomic mass is 16.4. The molecule has 8 nitrogen and oxygen atoms in total. The molecule has 0 saturated carbocycles. The molecule has 1 aliphatic heterocycles. The summed E-state index contributed by atoms with van der Waals surface area (Å²) < 4.78 is 0. The summed E-state index contributed by atoms with van der Waals surface area (Å²) in [5.74, 6) is -2.67. The predicted molar refractivity (Wildman–Crippen MR) is 70.0 cm³/mol. The zero-order valence-corrected chi connectivity index (χ0v) is 11.4. The van der Waals surface area contributed by atoms with Gasteiger partial charge in [0.2, 0.25) is 0 Å². The van der Waals surface area contributed by atoms with Crippen molar-refractivity contribution in [2.24, 2.45) is 5.41 Å². The molecule has 8 heteroatoms. The van der Waals surface area contributed by atoms with Crippen LogP contribution in [0.25, 0.3) is 0 Å². The van der Waals surface area contributed by atoms with E-state index in [4.69, 9.17) is 15.3 Å². The molecular weight excluding hydrogens is 282 g/mol. The molecule has 0 spiro atoms. The smallest absolute Gasteiger partial charge is 0.311 e. The van der Waals surface area contributed by atoms with Gasteiger partial charge in [-0.2, -0.15) is 0 Å². The van der Waals surface area contributed by atoms with E-state index < -0.39 is 49.1 Å². The van der Waals surface area contributed by atoms with E-state index in [1.807, 2.05) is 0 Å². The van der Waals surface area contributed by atoms with Gasteiger partial charge in [-0.15, -0.1) is 0 Å². The van der Waals surface area contributed by atoms with E-state index in [-0.39, 0.29) is 19.3 Å². The maximum atomic E-state index is 11.8. The van der Waals surface area contributed by atoms with Crippen LogP contribution in [0.15, 0.2) is 12.2 Å². The summed E-state index contributed by atoms with van der Waals surface area (Å²) in [6.07, 6.45) is 1.41. The molecule has 0 fully saturated rings. The normalized spacial score (nSPS) is 16.6. The third kappa shape index (κ3) is 3.29. The van der Waals surface area contributed by atoms with E-state index in [1.54, 1.807) is 0 Å². The molecule has 0 aliphatic carbocycles. The largest absolute Gasteiger partial charge is 0.481 e. The molecule has 0 aromatic heterocycles. The minimum atomic E-state index is -1.70. The molecule has 118 valence electrons.